The molecule has 11 heteroatoms. The van der Waals surface area contributed by atoms with Crippen molar-refractivity contribution in [2.75, 3.05) is 13.1 Å². The van der Waals surface area contributed by atoms with Crippen molar-refractivity contribution >= 4 is 36.2 Å². The molecule has 0 saturated heterocycles. The van der Waals surface area contributed by atoms with Gasteiger partial charge in [-0.1, -0.05) is 0 Å². The first-order chi connectivity index (χ1) is 7.41. The Bertz CT molecular complexity index is 289. The molecular formula is C6H17ClN10. The van der Waals surface area contributed by atoms with Gasteiger partial charge in [0.15, 0.2) is 23.8 Å². The molecule has 0 aromatic heterocycles. The molecule has 0 radical (unpaired) electrons. The Morgan fingerprint density at radius 1 is 0.824 bits per heavy atom. The van der Waals surface area contributed by atoms with Gasteiger partial charge in [-0.2, -0.15) is 0 Å². The molecule has 0 atom stereocenters. The Hall–Kier alpha value is -2.23. The van der Waals surface area contributed by atoms with Crippen molar-refractivity contribution in [1.29, 1.82) is 10.8 Å². The van der Waals surface area contributed by atoms with Crippen LogP contribution in [0.5, 0.6) is 0 Å². The van der Waals surface area contributed by atoms with E-state index in [4.69, 9.17) is 33.8 Å². The van der Waals surface area contributed by atoms with Crippen molar-refractivity contribution < 1.29 is 0 Å². The fourth-order valence-corrected chi connectivity index (χ4v) is 0.696. The normalized spacial score (nSPS) is 11.3. The molecule has 17 heavy (non-hydrogen) atoms. The second kappa shape index (κ2) is 9.03. The SMILES string of the molecule is Cl.N=C(N)NC(N)=NCCN=C(N)NC(=N)N. The number of halogens is 1. The number of rotatable bonds is 3. The number of aliphatic imine (C=N–C) groups is 2. The Balaban J connectivity index is 0. The topological polar surface area (TPSA) is 201 Å². The second-order valence-electron chi connectivity index (χ2n) is 2.61. The Kier molecular flexibility index (Phi) is 9.12. The minimum absolute atomic E-state index is 0. The first kappa shape index (κ1) is 17.2. The molecule has 0 heterocycles. The second-order valence-corrected chi connectivity index (χ2v) is 2.61. The zero-order valence-corrected chi connectivity index (χ0v) is 9.84. The van der Waals surface area contributed by atoms with E-state index in [2.05, 4.69) is 20.6 Å². The highest BCUT2D eigenvalue weighted by molar-refractivity contribution is 5.96. The lowest BCUT2D eigenvalue weighted by Gasteiger charge is -2.02. The van der Waals surface area contributed by atoms with Gasteiger partial charge in [0.05, 0.1) is 13.1 Å². The van der Waals surface area contributed by atoms with Crippen LogP contribution in [0.2, 0.25) is 0 Å². The molecule has 0 fully saturated rings. The van der Waals surface area contributed by atoms with E-state index < -0.39 is 0 Å². The van der Waals surface area contributed by atoms with E-state index in [-0.39, 0.29) is 49.3 Å². The van der Waals surface area contributed by atoms with Crippen LogP contribution in [-0.4, -0.2) is 36.9 Å². The molecule has 0 aromatic rings. The Morgan fingerprint density at radius 3 is 1.35 bits per heavy atom. The van der Waals surface area contributed by atoms with Crippen molar-refractivity contribution in [2.45, 2.75) is 0 Å². The fourth-order valence-electron chi connectivity index (χ4n) is 0.696. The Labute approximate surface area is 104 Å². The van der Waals surface area contributed by atoms with Crippen LogP contribution < -0.4 is 33.6 Å². The molecule has 0 aliphatic rings. The molecule has 0 saturated carbocycles. The number of hydrogen-bond acceptors (Lipinski definition) is 4. The third-order valence-electron chi connectivity index (χ3n) is 1.19. The Morgan fingerprint density at radius 2 is 1.12 bits per heavy atom. The molecule has 12 N–H and O–H groups in total. The van der Waals surface area contributed by atoms with Crippen LogP contribution in [0.1, 0.15) is 0 Å². The van der Waals surface area contributed by atoms with Gasteiger partial charge in [-0.3, -0.25) is 31.4 Å². The summed E-state index contributed by atoms with van der Waals surface area (Å²) in [6.45, 7) is 0.540. The largest absolute Gasteiger partial charge is 0.370 e. The van der Waals surface area contributed by atoms with E-state index in [0.717, 1.165) is 0 Å². The van der Waals surface area contributed by atoms with Crippen LogP contribution in [0.3, 0.4) is 0 Å². The predicted octanol–water partition coefficient (Wildman–Crippen LogP) is -3.00. The molecule has 10 nitrogen and oxygen atoms in total. The smallest absolute Gasteiger partial charge is 0.195 e. The summed E-state index contributed by atoms with van der Waals surface area (Å²) in [5.41, 5.74) is 20.7. The van der Waals surface area contributed by atoms with E-state index in [1.807, 2.05) is 0 Å². The first-order valence-electron chi connectivity index (χ1n) is 4.23. The van der Waals surface area contributed by atoms with Gasteiger partial charge in [-0.05, 0) is 0 Å². The standard InChI is InChI=1S/C6H16N10.ClH/c7-3(8)15-5(11)13-1-2-14-6(12)16-4(9)10;/h1-2H2,(H6,7,8,11,13,15)(H6,9,10,12,14,16);1H. The summed E-state index contributed by atoms with van der Waals surface area (Å²) < 4.78 is 0. The van der Waals surface area contributed by atoms with E-state index in [1.54, 1.807) is 0 Å². The number of nitrogens with zero attached hydrogens (tertiary/aromatic N) is 2. The van der Waals surface area contributed by atoms with E-state index in [0.29, 0.717) is 0 Å². The molecule has 0 amide bonds. The summed E-state index contributed by atoms with van der Waals surface area (Å²) in [5.74, 6) is -0.522. The van der Waals surface area contributed by atoms with Crippen LogP contribution in [0.4, 0.5) is 0 Å². The molecule has 0 aliphatic heterocycles. The summed E-state index contributed by atoms with van der Waals surface area (Å²) in [6.07, 6.45) is 0. The van der Waals surface area contributed by atoms with E-state index >= 15 is 0 Å². The van der Waals surface area contributed by atoms with Gasteiger partial charge in [0, 0.05) is 0 Å². The molecule has 0 aliphatic carbocycles. The summed E-state index contributed by atoms with van der Waals surface area (Å²) in [6, 6.07) is 0. The van der Waals surface area contributed by atoms with Crippen LogP contribution in [0.25, 0.3) is 0 Å². The summed E-state index contributed by atoms with van der Waals surface area (Å²) >= 11 is 0. The molecule has 0 rings (SSSR count). The average Bonchev–Trinajstić information content (AvgIpc) is 2.10. The minimum Gasteiger partial charge on any atom is -0.370 e. The van der Waals surface area contributed by atoms with Crippen molar-refractivity contribution in [3.05, 3.63) is 0 Å². The molecule has 0 bridgehead atoms. The highest BCUT2D eigenvalue weighted by Gasteiger charge is 1.93. The van der Waals surface area contributed by atoms with Crippen molar-refractivity contribution in [1.82, 2.24) is 10.6 Å². The lowest BCUT2D eigenvalue weighted by Crippen LogP contribution is -2.41. The highest BCUT2D eigenvalue weighted by Crippen LogP contribution is 1.74. The van der Waals surface area contributed by atoms with Crippen molar-refractivity contribution in [3.63, 3.8) is 0 Å². The highest BCUT2D eigenvalue weighted by atomic mass is 35.5. The monoisotopic (exact) mass is 264 g/mol. The van der Waals surface area contributed by atoms with Gasteiger partial charge in [0.2, 0.25) is 0 Å². The first-order valence-corrected chi connectivity index (χ1v) is 4.23. The number of hydrogen-bond donors (Lipinski definition) is 8. The van der Waals surface area contributed by atoms with E-state index in [9.17, 15) is 0 Å². The molecule has 0 spiro atoms. The van der Waals surface area contributed by atoms with E-state index in [1.165, 1.54) is 0 Å². The number of guanidine groups is 4. The number of nitrogens with one attached hydrogen (secondary N) is 4. The quantitative estimate of drug-likeness (QED) is 0.152. The fraction of sp³-hybridized carbons (Fsp3) is 0.333. The van der Waals surface area contributed by atoms with Gasteiger partial charge in [0.1, 0.15) is 0 Å². The van der Waals surface area contributed by atoms with Crippen LogP contribution >= 0.6 is 12.4 Å². The average molecular weight is 265 g/mol. The van der Waals surface area contributed by atoms with Crippen molar-refractivity contribution in [3.8, 4) is 0 Å². The molecule has 0 aromatic carbocycles. The maximum atomic E-state index is 6.86. The van der Waals surface area contributed by atoms with Gasteiger partial charge >= 0.3 is 0 Å². The zero-order valence-electron chi connectivity index (χ0n) is 9.03. The maximum Gasteiger partial charge on any atom is 0.195 e. The summed E-state index contributed by atoms with van der Waals surface area (Å²) in [7, 11) is 0. The summed E-state index contributed by atoms with van der Waals surface area (Å²) in [5, 5.41) is 18.3. The number of nitrogens with two attached hydrogens (primary N) is 4. The van der Waals surface area contributed by atoms with Crippen LogP contribution in [0, 0.1) is 10.8 Å². The minimum atomic E-state index is -0.289. The lowest BCUT2D eigenvalue weighted by atomic mass is 10.6. The molecule has 98 valence electrons. The third kappa shape index (κ3) is 11.7. The van der Waals surface area contributed by atoms with Gasteiger partial charge < -0.3 is 22.9 Å². The zero-order chi connectivity index (χ0) is 12.6. The lowest BCUT2D eigenvalue weighted by molar-refractivity contribution is 0.950. The molecule has 0 unspecified atom stereocenters. The predicted molar refractivity (Wildman–Crippen MR) is 70.3 cm³/mol. The van der Waals surface area contributed by atoms with Crippen molar-refractivity contribution in [2.24, 2.45) is 32.9 Å². The van der Waals surface area contributed by atoms with Gasteiger partial charge in [-0.25, -0.2) is 0 Å². The van der Waals surface area contributed by atoms with Gasteiger partial charge in [0.25, 0.3) is 0 Å². The van der Waals surface area contributed by atoms with Gasteiger partial charge in [-0.15, -0.1) is 12.4 Å². The third-order valence-corrected chi connectivity index (χ3v) is 1.19. The van der Waals surface area contributed by atoms with Crippen LogP contribution in [0.15, 0.2) is 9.98 Å². The van der Waals surface area contributed by atoms with Crippen LogP contribution in [-0.2, 0) is 0 Å². The molecular weight excluding hydrogens is 248 g/mol. The maximum absolute atomic E-state index is 6.86. The summed E-state index contributed by atoms with van der Waals surface area (Å²) in [4.78, 5) is 7.61.